The van der Waals surface area contributed by atoms with Crippen molar-refractivity contribution in [1.82, 2.24) is 9.88 Å². The summed E-state index contributed by atoms with van der Waals surface area (Å²) in [7, 11) is 0. The number of ether oxygens (including phenoxy) is 1. The molecule has 0 saturated carbocycles. The number of likely N-dealkylation sites (tertiary alicyclic amines) is 1. The number of carbonyl (C=O) groups excluding carboxylic acids is 1. The first-order valence-corrected chi connectivity index (χ1v) is 12.5. The molecule has 36 heavy (non-hydrogen) atoms. The van der Waals surface area contributed by atoms with Crippen molar-refractivity contribution in [2.24, 2.45) is 0 Å². The zero-order valence-corrected chi connectivity index (χ0v) is 20.2. The van der Waals surface area contributed by atoms with Crippen molar-refractivity contribution in [3.63, 3.8) is 0 Å². The molecule has 5 rings (SSSR count). The molecule has 0 aliphatic carbocycles. The molecule has 1 saturated heterocycles. The van der Waals surface area contributed by atoms with Gasteiger partial charge in [-0.2, -0.15) is 13.2 Å². The number of nitrogens with one attached hydrogen (secondary N) is 1. The van der Waals surface area contributed by atoms with E-state index in [2.05, 4.69) is 44.2 Å². The number of piperidine rings is 1. The number of esters is 1. The number of carbonyl (C=O) groups is 1. The highest BCUT2D eigenvalue weighted by Gasteiger charge is 2.41. The third-order valence-corrected chi connectivity index (χ3v) is 7.24. The van der Waals surface area contributed by atoms with Gasteiger partial charge in [-0.25, -0.2) is 4.79 Å². The van der Waals surface area contributed by atoms with Crippen molar-refractivity contribution >= 4 is 38.9 Å². The molecule has 186 valence electrons. The summed E-state index contributed by atoms with van der Waals surface area (Å²) >= 11 is 1.60. The van der Waals surface area contributed by atoms with Crippen LogP contribution in [0.2, 0.25) is 0 Å². The van der Waals surface area contributed by atoms with Gasteiger partial charge in [-0.3, -0.25) is 9.88 Å². The Balaban J connectivity index is 1.37. The average Bonchev–Trinajstić information content (AvgIpc) is 3.30. The van der Waals surface area contributed by atoms with Gasteiger partial charge in [-0.15, -0.1) is 11.3 Å². The van der Waals surface area contributed by atoms with Crippen LogP contribution in [0, 0.1) is 0 Å². The van der Waals surface area contributed by atoms with Crippen LogP contribution in [-0.2, 0) is 11.3 Å². The largest absolute Gasteiger partial charge is 0.491 e. The van der Waals surface area contributed by atoms with Gasteiger partial charge in [0.1, 0.15) is 5.75 Å². The maximum Gasteiger partial charge on any atom is 0.491 e. The van der Waals surface area contributed by atoms with Crippen molar-refractivity contribution < 1.29 is 22.7 Å². The Morgan fingerprint density at radius 3 is 2.64 bits per heavy atom. The molecular formula is C27H24F3N3O2S. The lowest BCUT2D eigenvalue weighted by molar-refractivity contribution is -0.189. The second-order valence-corrected chi connectivity index (χ2v) is 9.81. The van der Waals surface area contributed by atoms with Gasteiger partial charge in [0.25, 0.3) is 0 Å². The lowest BCUT2D eigenvalue weighted by atomic mass is 10.1. The van der Waals surface area contributed by atoms with Gasteiger partial charge in [0.15, 0.2) is 0 Å². The fourth-order valence-corrected chi connectivity index (χ4v) is 5.42. The van der Waals surface area contributed by atoms with Crippen molar-refractivity contribution in [2.75, 3.05) is 18.4 Å². The Morgan fingerprint density at radius 2 is 1.83 bits per heavy atom. The number of aromatic nitrogens is 1. The van der Waals surface area contributed by atoms with E-state index in [-0.39, 0.29) is 5.75 Å². The topological polar surface area (TPSA) is 54.5 Å². The van der Waals surface area contributed by atoms with Gasteiger partial charge >= 0.3 is 12.1 Å². The lowest BCUT2D eigenvalue weighted by Crippen LogP contribution is -2.29. The van der Waals surface area contributed by atoms with Gasteiger partial charge < -0.3 is 10.1 Å². The molecule has 0 radical (unpaired) electrons. The molecule has 0 atom stereocenters. The Labute approximate surface area is 210 Å². The highest BCUT2D eigenvalue weighted by molar-refractivity contribution is 7.22. The highest BCUT2D eigenvalue weighted by atomic mass is 32.1. The number of nitrogens with zero attached hydrogens (tertiary/aromatic N) is 2. The summed E-state index contributed by atoms with van der Waals surface area (Å²) in [5, 5.41) is 3.22. The summed E-state index contributed by atoms with van der Waals surface area (Å²) in [6, 6.07) is 18.3. The average molecular weight is 512 g/mol. The van der Waals surface area contributed by atoms with Crippen LogP contribution in [0.15, 0.2) is 66.9 Å². The molecule has 0 spiro atoms. The first-order chi connectivity index (χ1) is 17.3. The number of thiophene rings is 1. The van der Waals surface area contributed by atoms with Crippen LogP contribution < -0.4 is 10.1 Å². The number of halogens is 3. The summed E-state index contributed by atoms with van der Waals surface area (Å²) in [5.74, 6) is -2.44. The molecular weight excluding hydrogens is 487 g/mol. The fraction of sp³-hybridized carbons (Fsp3) is 0.259. The maximum absolute atomic E-state index is 12.5. The minimum Gasteiger partial charge on any atom is -0.420 e. The van der Waals surface area contributed by atoms with Crippen LogP contribution >= 0.6 is 11.3 Å². The standard InChI is InChI=1S/C27H24F3N3O2S/c28-27(29,30)26(34)35-21-9-5-8-20(15-21)32-22-10-11-31-23-16-24(36-25(22)23)19-7-4-6-18(14-19)17-33-12-2-1-3-13-33/h4-11,14-16H,1-3,12-13,17H2,(H,31,32). The third kappa shape index (κ3) is 5.68. The second-order valence-electron chi connectivity index (χ2n) is 8.76. The Hall–Kier alpha value is -3.43. The van der Waals surface area contributed by atoms with Crippen molar-refractivity contribution in [3.8, 4) is 16.2 Å². The Morgan fingerprint density at radius 1 is 1.03 bits per heavy atom. The molecule has 0 amide bonds. The number of fused-ring (bicyclic) bond motifs is 1. The van der Waals surface area contributed by atoms with E-state index in [1.165, 1.54) is 43.0 Å². The van der Waals surface area contributed by atoms with E-state index in [4.69, 9.17) is 0 Å². The predicted molar refractivity (Wildman–Crippen MR) is 136 cm³/mol. The Bertz CT molecular complexity index is 1380. The zero-order valence-electron chi connectivity index (χ0n) is 19.3. The predicted octanol–water partition coefficient (Wildman–Crippen LogP) is 7.16. The Kier molecular flexibility index (Phi) is 6.93. The van der Waals surface area contributed by atoms with Crippen molar-refractivity contribution in [1.29, 1.82) is 0 Å². The number of benzene rings is 2. The molecule has 1 N–H and O–H groups in total. The summed E-state index contributed by atoms with van der Waals surface area (Å²) in [4.78, 5) is 19.3. The van der Waals surface area contributed by atoms with E-state index < -0.39 is 12.1 Å². The molecule has 5 nitrogen and oxygen atoms in total. The van der Waals surface area contributed by atoms with Gasteiger partial charge in [0.05, 0.1) is 15.9 Å². The van der Waals surface area contributed by atoms with Crippen molar-refractivity contribution in [3.05, 3.63) is 72.4 Å². The monoisotopic (exact) mass is 511 g/mol. The third-order valence-electron chi connectivity index (χ3n) is 6.03. The van der Waals surface area contributed by atoms with Crippen LogP contribution in [0.1, 0.15) is 24.8 Å². The number of hydrogen-bond donors (Lipinski definition) is 1. The van der Waals surface area contributed by atoms with Crippen LogP contribution in [-0.4, -0.2) is 35.1 Å². The second kappa shape index (κ2) is 10.3. The molecule has 9 heteroatoms. The number of alkyl halides is 3. The smallest absolute Gasteiger partial charge is 0.420 e. The van der Waals surface area contributed by atoms with Gasteiger partial charge in [0.2, 0.25) is 0 Å². The minimum atomic E-state index is -5.06. The number of rotatable bonds is 6. The highest BCUT2D eigenvalue weighted by Crippen LogP contribution is 2.38. The van der Waals surface area contributed by atoms with E-state index >= 15 is 0 Å². The SMILES string of the molecule is O=C(Oc1cccc(Nc2ccnc3cc(-c4cccc(CN5CCCCC5)c4)sc23)c1)C(F)(F)F. The normalized spacial score (nSPS) is 14.6. The van der Waals surface area contributed by atoms with Crippen LogP contribution in [0.25, 0.3) is 20.7 Å². The van der Waals surface area contributed by atoms with E-state index in [1.807, 2.05) is 12.1 Å². The summed E-state index contributed by atoms with van der Waals surface area (Å²) in [6.07, 6.45) is 0.446. The van der Waals surface area contributed by atoms with Gasteiger partial charge in [0, 0.05) is 29.4 Å². The van der Waals surface area contributed by atoms with E-state index in [1.54, 1.807) is 23.6 Å². The van der Waals surface area contributed by atoms with Gasteiger partial charge in [-0.05, 0) is 67.4 Å². The summed E-state index contributed by atoms with van der Waals surface area (Å²) in [6.45, 7) is 3.23. The van der Waals surface area contributed by atoms with Crippen LogP contribution in [0.4, 0.5) is 24.5 Å². The maximum atomic E-state index is 12.5. The first kappa shape index (κ1) is 24.3. The first-order valence-electron chi connectivity index (χ1n) is 11.7. The number of anilines is 2. The zero-order chi connectivity index (χ0) is 25.1. The number of pyridine rings is 1. The van der Waals surface area contributed by atoms with Crippen molar-refractivity contribution in [2.45, 2.75) is 32.0 Å². The molecule has 1 fully saturated rings. The lowest BCUT2D eigenvalue weighted by Gasteiger charge is -2.26. The van der Waals surface area contributed by atoms with Crippen LogP contribution in [0.3, 0.4) is 0 Å². The molecule has 0 unspecified atom stereocenters. The molecule has 1 aliphatic heterocycles. The summed E-state index contributed by atoms with van der Waals surface area (Å²) < 4.78 is 43.0. The quantitative estimate of drug-likeness (QED) is 0.220. The van der Waals surface area contributed by atoms with Crippen LogP contribution in [0.5, 0.6) is 5.75 Å². The summed E-state index contributed by atoms with van der Waals surface area (Å²) in [5.41, 5.74) is 4.48. The minimum absolute atomic E-state index is 0.190. The molecule has 2 aromatic carbocycles. The molecule has 2 aromatic heterocycles. The van der Waals surface area contributed by atoms with E-state index in [9.17, 15) is 18.0 Å². The van der Waals surface area contributed by atoms with Gasteiger partial charge in [-0.1, -0.05) is 30.7 Å². The molecule has 4 aromatic rings. The van der Waals surface area contributed by atoms with E-state index in [0.29, 0.717) is 5.69 Å². The molecule has 1 aliphatic rings. The number of hydrogen-bond acceptors (Lipinski definition) is 6. The van der Waals surface area contributed by atoms with E-state index in [0.717, 1.165) is 46.0 Å². The fourth-order valence-electron chi connectivity index (χ4n) is 4.34. The molecule has 0 bridgehead atoms. The molecule has 3 heterocycles.